The number of hydrogen-bond acceptors (Lipinski definition) is 2. The summed E-state index contributed by atoms with van der Waals surface area (Å²) in [6.45, 7) is 9.29. The molecular weight excluding hydrogens is 200 g/mol. The molecule has 1 fully saturated rings. The topological polar surface area (TPSA) is 55.1 Å². The van der Waals surface area contributed by atoms with Gasteiger partial charge < -0.3 is 11.1 Å². The van der Waals surface area contributed by atoms with Gasteiger partial charge in [0.15, 0.2) is 0 Å². The Bertz CT molecular complexity index is 245. The number of amides is 1. The lowest BCUT2D eigenvalue weighted by Gasteiger charge is -2.32. The minimum atomic E-state index is 0.117. The standard InChI is InChI=1S/C13H26N2O/c1-9-5-6-10(14)7-11(9)12(16)15-8-13(2,3)4/h9-11H,5-8,14H2,1-4H3,(H,15,16). The second-order valence-corrected chi connectivity index (χ2v) is 6.44. The third-order valence-corrected chi connectivity index (χ3v) is 3.37. The molecule has 0 aliphatic heterocycles. The van der Waals surface area contributed by atoms with E-state index in [-0.39, 0.29) is 23.3 Å². The van der Waals surface area contributed by atoms with Crippen LogP contribution in [-0.4, -0.2) is 18.5 Å². The average molecular weight is 226 g/mol. The van der Waals surface area contributed by atoms with Gasteiger partial charge in [-0.1, -0.05) is 27.7 Å². The van der Waals surface area contributed by atoms with E-state index < -0.39 is 0 Å². The van der Waals surface area contributed by atoms with Crippen LogP contribution in [0.5, 0.6) is 0 Å². The lowest BCUT2D eigenvalue weighted by atomic mass is 9.77. The third-order valence-electron chi connectivity index (χ3n) is 3.37. The van der Waals surface area contributed by atoms with Crippen molar-refractivity contribution in [1.29, 1.82) is 0 Å². The van der Waals surface area contributed by atoms with Crippen LogP contribution in [0.4, 0.5) is 0 Å². The van der Waals surface area contributed by atoms with Crippen LogP contribution < -0.4 is 11.1 Å². The van der Waals surface area contributed by atoms with Crippen molar-refractivity contribution < 1.29 is 4.79 Å². The normalized spacial score (nSPS) is 31.2. The summed E-state index contributed by atoms with van der Waals surface area (Å²) in [5.41, 5.74) is 6.08. The highest BCUT2D eigenvalue weighted by Crippen LogP contribution is 2.29. The quantitative estimate of drug-likeness (QED) is 0.755. The van der Waals surface area contributed by atoms with Gasteiger partial charge >= 0.3 is 0 Å². The Morgan fingerprint density at radius 3 is 2.56 bits per heavy atom. The van der Waals surface area contributed by atoms with Crippen LogP contribution in [-0.2, 0) is 4.79 Å². The van der Waals surface area contributed by atoms with Crippen LogP contribution in [0.1, 0.15) is 47.0 Å². The molecule has 3 atom stereocenters. The summed E-state index contributed by atoms with van der Waals surface area (Å²) in [6, 6.07) is 0.210. The molecule has 0 radical (unpaired) electrons. The summed E-state index contributed by atoms with van der Waals surface area (Å²) < 4.78 is 0. The van der Waals surface area contributed by atoms with Crippen LogP contribution in [0.25, 0.3) is 0 Å². The molecule has 0 saturated heterocycles. The molecule has 1 saturated carbocycles. The molecule has 3 unspecified atom stereocenters. The van der Waals surface area contributed by atoms with Crippen molar-refractivity contribution in [3.05, 3.63) is 0 Å². The first kappa shape index (κ1) is 13.5. The molecule has 3 nitrogen and oxygen atoms in total. The minimum absolute atomic E-state index is 0.117. The number of rotatable bonds is 2. The summed E-state index contributed by atoms with van der Waals surface area (Å²) >= 11 is 0. The van der Waals surface area contributed by atoms with E-state index in [0.29, 0.717) is 5.92 Å². The maximum Gasteiger partial charge on any atom is 0.223 e. The Kier molecular flexibility index (Phi) is 4.36. The molecule has 1 aliphatic carbocycles. The lowest BCUT2D eigenvalue weighted by molar-refractivity contribution is -0.128. The lowest BCUT2D eigenvalue weighted by Crippen LogP contribution is -2.43. The molecule has 3 N–H and O–H groups in total. The molecule has 0 heterocycles. The molecule has 1 amide bonds. The summed E-state index contributed by atoms with van der Waals surface area (Å²) in [4.78, 5) is 12.0. The predicted octanol–water partition coefficient (Wildman–Crippen LogP) is 1.91. The fourth-order valence-corrected chi connectivity index (χ4v) is 2.20. The van der Waals surface area contributed by atoms with E-state index >= 15 is 0 Å². The van der Waals surface area contributed by atoms with E-state index in [1.165, 1.54) is 0 Å². The smallest absolute Gasteiger partial charge is 0.223 e. The zero-order valence-electron chi connectivity index (χ0n) is 11.0. The van der Waals surface area contributed by atoms with Crippen LogP contribution in [0.3, 0.4) is 0 Å². The van der Waals surface area contributed by atoms with E-state index in [9.17, 15) is 4.79 Å². The molecular formula is C13H26N2O. The van der Waals surface area contributed by atoms with Gasteiger partial charge in [0.2, 0.25) is 5.91 Å². The first-order chi connectivity index (χ1) is 7.29. The molecule has 0 spiro atoms. The highest BCUT2D eigenvalue weighted by molar-refractivity contribution is 5.79. The van der Waals surface area contributed by atoms with Gasteiger partial charge in [0.25, 0.3) is 0 Å². The number of nitrogens with two attached hydrogens (primary N) is 1. The van der Waals surface area contributed by atoms with Gasteiger partial charge in [-0.25, -0.2) is 0 Å². The van der Waals surface area contributed by atoms with E-state index in [1.54, 1.807) is 0 Å². The highest BCUT2D eigenvalue weighted by atomic mass is 16.1. The van der Waals surface area contributed by atoms with E-state index in [0.717, 1.165) is 25.8 Å². The van der Waals surface area contributed by atoms with Crippen molar-refractivity contribution in [2.45, 2.75) is 53.0 Å². The van der Waals surface area contributed by atoms with Crippen LogP contribution in [0.15, 0.2) is 0 Å². The Hall–Kier alpha value is -0.570. The van der Waals surface area contributed by atoms with Crippen molar-refractivity contribution >= 4 is 5.91 Å². The zero-order chi connectivity index (χ0) is 12.3. The predicted molar refractivity (Wildman–Crippen MR) is 66.9 cm³/mol. The zero-order valence-corrected chi connectivity index (χ0v) is 11.0. The average Bonchev–Trinajstić information content (AvgIpc) is 2.17. The van der Waals surface area contributed by atoms with Gasteiger partial charge in [0, 0.05) is 18.5 Å². The number of hydrogen-bond donors (Lipinski definition) is 2. The number of carbonyl (C=O) groups is 1. The second kappa shape index (κ2) is 5.17. The summed E-state index contributed by atoms with van der Waals surface area (Å²) in [5.74, 6) is 0.781. The van der Waals surface area contributed by atoms with Crippen molar-refractivity contribution in [2.24, 2.45) is 23.0 Å². The van der Waals surface area contributed by atoms with Crippen LogP contribution in [0, 0.1) is 17.3 Å². The van der Waals surface area contributed by atoms with Gasteiger partial charge in [0.1, 0.15) is 0 Å². The van der Waals surface area contributed by atoms with Crippen molar-refractivity contribution in [2.75, 3.05) is 6.54 Å². The Balaban J connectivity index is 2.46. The molecule has 16 heavy (non-hydrogen) atoms. The molecule has 0 aromatic heterocycles. The van der Waals surface area contributed by atoms with Gasteiger partial charge in [0.05, 0.1) is 0 Å². The largest absolute Gasteiger partial charge is 0.355 e. The number of nitrogens with one attached hydrogen (secondary N) is 1. The second-order valence-electron chi connectivity index (χ2n) is 6.44. The van der Waals surface area contributed by atoms with Crippen LogP contribution in [0.2, 0.25) is 0 Å². The Labute approximate surface area is 99.2 Å². The first-order valence-corrected chi connectivity index (χ1v) is 6.33. The Morgan fingerprint density at radius 2 is 2.00 bits per heavy atom. The molecule has 0 aromatic rings. The summed E-state index contributed by atoms with van der Waals surface area (Å²) in [7, 11) is 0. The van der Waals surface area contributed by atoms with E-state index in [4.69, 9.17) is 5.73 Å². The molecule has 0 aromatic carbocycles. The minimum Gasteiger partial charge on any atom is -0.355 e. The fourth-order valence-electron chi connectivity index (χ4n) is 2.20. The Morgan fingerprint density at radius 1 is 1.38 bits per heavy atom. The van der Waals surface area contributed by atoms with E-state index in [2.05, 4.69) is 33.0 Å². The van der Waals surface area contributed by atoms with Gasteiger partial charge in [-0.2, -0.15) is 0 Å². The number of carbonyl (C=O) groups excluding carboxylic acids is 1. The third kappa shape index (κ3) is 4.12. The van der Waals surface area contributed by atoms with Gasteiger partial charge in [-0.3, -0.25) is 4.79 Å². The first-order valence-electron chi connectivity index (χ1n) is 6.33. The maximum atomic E-state index is 12.0. The molecule has 1 rings (SSSR count). The maximum absolute atomic E-state index is 12.0. The van der Waals surface area contributed by atoms with Crippen molar-refractivity contribution in [3.8, 4) is 0 Å². The summed E-state index contributed by atoms with van der Waals surface area (Å²) in [6.07, 6.45) is 2.98. The van der Waals surface area contributed by atoms with Crippen LogP contribution >= 0.6 is 0 Å². The molecule has 94 valence electrons. The fraction of sp³-hybridized carbons (Fsp3) is 0.923. The van der Waals surface area contributed by atoms with Gasteiger partial charge in [-0.05, 0) is 30.6 Å². The highest BCUT2D eigenvalue weighted by Gasteiger charge is 2.31. The van der Waals surface area contributed by atoms with Crippen molar-refractivity contribution in [3.63, 3.8) is 0 Å². The van der Waals surface area contributed by atoms with Crippen molar-refractivity contribution in [1.82, 2.24) is 5.32 Å². The monoisotopic (exact) mass is 226 g/mol. The summed E-state index contributed by atoms with van der Waals surface area (Å²) in [5, 5.41) is 3.05. The van der Waals surface area contributed by atoms with Gasteiger partial charge in [-0.15, -0.1) is 0 Å². The SMILES string of the molecule is CC1CCC(N)CC1C(=O)NCC(C)(C)C. The molecule has 1 aliphatic rings. The molecule has 0 bridgehead atoms. The van der Waals surface area contributed by atoms with E-state index in [1.807, 2.05) is 0 Å². The molecule has 3 heteroatoms.